The van der Waals surface area contributed by atoms with Crippen LogP contribution in [0.5, 0.6) is 11.5 Å². The molecular formula is C32H34Cl2FN3O5. The molecule has 5 rings (SSSR count). The summed E-state index contributed by atoms with van der Waals surface area (Å²) in [7, 11) is 1.46. The Kier molecular flexibility index (Phi) is 8.64. The zero-order valence-electron chi connectivity index (χ0n) is 24.3. The summed E-state index contributed by atoms with van der Waals surface area (Å²) in [6, 6.07) is 13.0. The van der Waals surface area contributed by atoms with Crippen LogP contribution in [0.3, 0.4) is 0 Å². The number of hydrogen-bond acceptors (Lipinski definition) is 6. The summed E-state index contributed by atoms with van der Waals surface area (Å²) in [4.78, 5) is 28.5. The fourth-order valence-electron chi connectivity index (χ4n) is 6.39. The van der Waals surface area contributed by atoms with Crippen LogP contribution in [0.4, 0.5) is 15.8 Å². The van der Waals surface area contributed by atoms with E-state index in [2.05, 4.69) is 16.0 Å². The van der Waals surface area contributed by atoms with Crippen LogP contribution in [-0.4, -0.2) is 49.3 Å². The minimum atomic E-state index is -1.37. The topological polar surface area (TPSA) is 109 Å². The molecule has 0 unspecified atom stereocenters. The standard InChI is InChI=1S/C32H34Cl2FN3O5/c1-31(2,3)16-25-32(20-10-8-17(33)14-23(20)37-30(32)41)26(19-6-5-7-21(34)27(19)35)28(38-25)29(40)36-22-11-9-18(43-13-12-39)15-24(22)42-4/h5-11,14-15,25-26,28,38-39H,12-13,16H2,1-4H3,(H,36,40)(H,37,41)/t25-,26-,28+,32+/m1/s1. The number of aliphatic hydroxyl groups is 1. The normalized spacial score (nSPS) is 22.8. The molecule has 1 spiro atoms. The quantitative estimate of drug-likeness (QED) is 0.247. The first-order valence-corrected chi connectivity index (χ1v) is 14.7. The van der Waals surface area contributed by atoms with E-state index in [9.17, 15) is 9.59 Å². The van der Waals surface area contributed by atoms with Crippen LogP contribution in [0.1, 0.15) is 44.2 Å². The van der Waals surface area contributed by atoms with Crippen LogP contribution < -0.4 is 25.4 Å². The monoisotopic (exact) mass is 629 g/mol. The average molecular weight is 631 g/mol. The number of aliphatic hydroxyl groups excluding tert-OH is 1. The van der Waals surface area contributed by atoms with Gasteiger partial charge in [0.2, 0.25) is 11.8 Å². The van der Waals surface area contributed by atoms with Gasteiger partial charge in [-0.15, -0.1) is 0 Å². The van der Waals surface area contributed by atoms with Crippen molar-refractivity contribution in [3.05, 3.63) is 81.6 Å². The van der Waals surface area contributed by atoms with Gasteiger partial charge in [-0.25, -0.2) is 4.39 Å². The Morgan fingerprint density at radius 3 is 2.60 bits per heavy atom. The Bertz CT molecular complexity index is 1560. The van der Waals surface area contributed by atoms with Crippen molar-refractivity contribution in [1.29, 1.82) is 0 Å². The van der Waals surface area contributed by atoms with Gasteiger partial charge in [0.25, 0.3) is 0 Å². The molecule has 4 N–H and O–H groups in total. The first-order chi connectivity index (χ1) is 20.4. The van der Waals surface area contributed by atoms with Gasteiger partial charge in [0.05, 0.1) is 30.5 Å². The van der Waals surface area contributed by atoms with Crippen molar-refractivity contribution in [3.63, 3.8) is 0 Å². The van der Waals surface area contributed by atoms with E-state index in [4.69, 9.17) is 37.8 Å². The maximum Gasteiger partial charge on any atom is 0.242 e. The highest BCUT2D eigenvalue weighted by atomic mass is 35.5. The van der Waals surface area contributed by atoms with Crippen molar-refractivity contribution in [1.82, 2.24) is 5.32 Å². The summed E-state index contributed by atoms with van der Waals surface area (Å²) in [6.45, 7) is 6.08. The van der Waals surface area contributed by atoms with Crippen LogP contribution in [0, 0.1) is 11.2 Å². The third-order valence-electron chi connectivity index (χ3n) is 8.01. The summed E-state index contributed by atoms with van der Waals surface area (Å²) in [5, 5.41) is 18.8. The van der Waals surface area contributed by atoms with Crippen LogP contribution in [-0.2, 0) is 15.0 Å². The van der Waals surface area contributed by atoms with Gasteiger partial charge < -0.3 is 30.5 Å². The summed E-state index contributed by atoms with van der Waals surface area (Å²) in [6.07, 6.45) is 0.491. The molecule has 0 aliphatic carbocycles. The molecule has 1 fully saturated rings. The van der Waals surface area contributed by atoms with E-state index >= 15 is 4.39 Å². The second kappa shape index (κ2) is 12.0. The van der Waals surface area contributed by atoms with E-state index < -0.39 is 35.1 Å². The first kappa shape index (κ1) is 31.1. The lowest BCUT2D eigenvalue weighted by Gasteiger charge is -2.37. The van der Waals surface area contributed by atoms with Crippen LogP contribution in [0.15, 0.2) is 54.6 Å². The highest BCUT2D eigenvalue weighted by Gasteiger charge is 2.66. The second-order valence-electron chi connectivity index (χ2n) is 12.0. The Labute approximate surface area is 259 Å². The van der Waals surface area contributed by atoms with Gasteiger partial charge in [-0.1, -0.05) is 62.2 Å². The molecule has 1 saturated heterocycles. The molecule has 4 atom stereocenters. The lowest BCUT2D eigenvalue weighted by Crippen LogP contribution is -2.49. The number of nitrogens with one attached hydrogen (secondary N) is 3. The zero-order chi connectivity index (χ0) is 31.1. The maximum atomic E-state index is 16.0. The summed E-state index contributed by atoms with van der Waals surface area (Å²) < 4.78 is 26.9. The molecule has 8 nitrogen and oxygen atoms in total. The fraction of sp³-hybridized carbons (Fsp3) is 0.375. The van der Waals surface area contributed by atoms with Gasteiger partial charge in [0.1, 0.15) is 29.3 Å². The molecule has 2 heterocycles. The van der Waals surface area contributed by atoms with Crippen molar-refractivity contribution in [3.8, 4) is 11.5 Å². The molecule has 3 aromatic carbocycles. The summed E-state index contributed by atoms with van der Waals surface area (Å²) in [5.41, 5.74) is 0.0169. The molecular weight excluding hydrogens is 596 g/mol. The average Bonchev–Trinajstić information content (AvgIpc) is 3.42. The molecule has 0 bridgehead atoms. The van der Waals surface area contributed by atoms with Crippen molar-refractivity contribution >= 4 is 46.4 Å². The molecule has 228 valence electrons. The van der Waals surface area contributed by atoms with Gasteiger partial charge >= 0.3 is 0 Å². The van der Waals surface area contributed by atoms with Gasteiger partial charge in [-0.05, 0) is 53.3 Å². The predicted octanol–water partition coefficient (Wildman–Crippen LogP) is 5.90. The number of amides is 2. The Morgan fingerprint density at radius 1 is 1.14 bits per heavy atom. The largest absolute Gasteiger partial charge is 0.494 e. The zero-order valence-corrected chi connectivity index (χ0v) is 25.8. The first-order valence-electron chi connectivity index (χ1n) is 13.9. The number of benzene rings is 3. The third-order valence-corrected chi connectivity index (χ3v) is 8.54. The molecule has 0 saturated carbocycles. The number of carbonyl (C=O) groups excluding carboxylic acids is 2. The number of hydrogen-bond donors (Lipinski definition) is 4. The predicted molar refractivity (Wildman–Crippen MR) is 165 cm³/mol. The van der Waals surface area contributed by atoms with Crippen LogP contribution >= 0.6 is 23.2 Å². The molecule has 0 aromatic heterocycles. The summed E-state index contributed by atoms with van der Waals surface area (Å²) in [5.74, 6) is -1.75. The molecule has 11 heteroatoms. The van der Waals surface area contributed by atoms with Gasteiger partial charge in [-0.2, -0.15) is 0 Å². The van der Waals surface area contributed by atoms with Gasteiger partial charge in [0.15, 0.2) is 0 Å². The summed E-state index contributed by atoms with van der Waals surface area (Å²) >= 11 is 12.6. The van der Waals surface area contributed by atoms with E-state index in [-0.39, 0.29) is 35.1 Å². The highest BCUT2D eigenvalue weighted by Crippen LogP contribution is 2.57. The second-order valence-corrected chi connectivity index (χ2v) is 12.9. The van der Waals surface area contributed by atoms with Gasteiger partial charge in [-0.3, -0.25) is 9.59 Å². The number of anilines is 2. The molecule has 3 aromatic rings. The molecule has 43 heavy (non-hydrogen) atoms. The van der Waals surface area contributed by atoms with Crippen LogP contribution in [0.2, 0.25) is 10.0 Å². The van der Waals surface area contributed by atoms with Gasteiger partial charge in [0, 0.05) is 28.7 Å². The van der Waals surface area contributed by atoms with Crippen molar-refractivity contribution in [2.24, 2.45) is 5.41 Å². The number of fused-ring (bicyclic) bond motifs is 2. The van der Waals surface area contributed by atoms with Crippen molar-refractivity contribution in [2.75, 3.05) is 31.0 Å². The minimum Gasteiger partial charge on any atom is -0.494 e. The van der Waals surface area contributed by atoms with E-state index in [1.165, 1.54) is 13.2 Å². The highest BCUT2D eigenvalue weighted by molar-refractivity contribution is 6.31. The van der Waals surface area contributed by atoms with Crippen LogP contribution in [0.25, 0.3) is 0 Å². The van der Waals surface area contributed by atoms with Crippen molar-refractivity contribution < 1.29 is 28.6 Å². The molecule has 2 amide bonds. The SMILES string of the molecule is COc1cc(OCCO)ccc1NC(=O)[C@H]1N[C@H](CC(C)(C)C)[C@]2(C(=O)Nc3cc(Cl)ccc32)[C@@H]1c1cccc(Cl)c1F. The molecule has 2 aliphatic heterocycles. The Hall–Kier alpha value is -3.37. The fourth-order valence-corrected chi connectivity index (χ4v) is 6.74. The Balaban J connectivity index is 1.66. The number of methoxy groups -OCH3 is 1. The van der Waals surface area contributed by atoms with E-state index in [0.717, 1.165) is 0 Å². The third kappa shape index (κ3) is 5.67. The molecule has 0 radical (unpaired) electrons. The lowest BCUT2D eigenvalue weighted by atomic mass is 9.62. The minimum absolute atomic E-state index is 0.0970. The smallest absolute Gasteiger partial charge is 0.242 e. The van der Waals surface area contributed by atoms with E-state index in [1.807, 2.05) is 20.8 Å². The number of rotatable bonds is 8. The van der Waals surface area contributed by atoms with Crippen molar-refractivity contribution in [2.45, 2.75) is 50.6 Å². The van der Waals surface area contributed by atoms with E-state index in [0.29, 0.717) is 39.9 Å². The lowest BCUT2D eigenvalue weighted by molar-refractivity contribution is -0.122. The van der Waals surface area contributed by atoms with E-state index in [1.54, 1.807) is 48.5 Å². The maximum absolute atomic E-state index is 16.0. The Morgan fingerprint density at radius 2 is 1.91 bits per heavy atom. The molecule has 2 aliphatic rings. The number of carbonyl (C=O) groups is 2. The number of ether oxygens (including phenoxy) is 2. The number of halogens is 3.